The monoisotopic (exact) mass is 937 g/mol. The second-order valence-corrected chi connectivity index (χ2v) is 20.1. The Morgan fingerprint density at radius 2 is 1.74 bits per heavy atom. The molecule has 1 aromatic rings. The summed E-state index contributed by atoms with van der Waals surface area (Å²) < 4.78 is 57.5. The lowest BCUT2D eigenvalue weighted by atomic mass is 9.73. The predicted molar refractivity (Wildman–Crippen MR) is 234 cm³/mol. The number of halogens is 2. The van der Waals surface area contributed by atoms with Crippen LogP contribution in [0.4, 0.5) is 18.8 Å². The predicted octanol–water partition coefficient (Wildman–Crippen LogP) is 6.78. The van der Waals surface area contributed by atoms with E-state index in [4.69, 9.17) is 44.8 Å². The fraction of sp³-hybridized carbons (Fsp3) is 0.766. The van der Waals surface area contributed by atoms with Gasteiger partial charge in [-0.15, -0.1) is 0 Å². The van der Waals surface area contributed by atoms with Crippen LogP contribution in [0.3, 0.4) is 0 Å². The number of esters is 1. The van der Waals surface area contributed by atoms with Gasteiger partial charge in [0, 0.05) is 44.0 Å². The number of likely N-dealkylation sites (N-methyl/N-ethyl adjacent to an activating group) is 1. The average Bonchev–Trinajstić information content (AvgIpc) is 3.95. The minimum atomic E-state index is -1.56. The van der Waals surface area contributed by atoms with Gasteiger partial charge in [-0.2, -0.15) is 0 Å². The number of amides is 3. The number of aliphatic hydroxyl groups is 1. The third-order valence-electron chi connectivity index (χ3n) is 14.6. The van der Waals surface area contributed by atoms with E-state index in [1.54, 1.807) is 54.5 Å². The van der Waals surface area contributed by atoms with Crippen molar-refractivity contribution in [2.75, 3.05) is 33.9 Å². The minimum absolute atomic E-state index is 0.0313. The molecule has 0 spiro atoms. The van der Waals surface area contributed by atoms with E-state index < -0.39 is 108 Å². The summed E-state index contributed by atoms with van der Waals surface area (Å²) in [5.41, 5.74) is -2.31. The van der Waals surface area contributed by atoms with Crippen molar-refractivity contribution in [3.8, 4) is 0 Å². The van der Waals surface area contributed by atoms with E-state index in [1.165, 1.54) is 31.1 Å². The average molecular weight is 939 g/mol. The molecule has 6 rings (SSSR count). The molecule has 1 aromatic carbocycles. The summed E-state index contributed by atoms with van der Waals surface area (Å²) in [4.78, 5) is 75.0. The molecule has 15 atom stereocenters. The highest BCUT2D eigenvalue weighted by molar-refractivity contribution is 6.30. The van der Waals surface area contributed by atoms with Crippen LogP contribution in [0, 0.1) is 35.4 Å². The van der Waals surface area contributed by atoms with E-state index in [1.807, 2.05) is 14.0 Å². The maximum Gasteiger partial charge on any atom is 0.419 e. The number of aliphatic hydroxyl groups excluding tert-OH is 1. The normalized spacial score (nSPS) is 38.5. The van der Waals surface area contributed by atoms with Crippen molar-refractivity contribution < 1.29 is 66.6 Å². The molecule has 4 heterocycles. The summed E-state index contributed by atoms with van der Waals surface area (Å²) >= 11 is 6.10. The molecule has 1 saturated carbocycles. The van der Waals surface area contributed by atoms with Crippen molar-refractivity contribution in [1.29, 1.82) is 0 Å². The zero-order chi connectivity index (χ0) is 47.9. The first kappa shape index (κ1) is 50.8. The third-order valence-corrected chi connectivity index (χ3v) is 14.9. The van der Waals surface area contributed by atoms with E-state index in [-0.39, 0.29) is 55.4 Å². The Bertz CT molecular complexity index is 1930. The number of hydrogen-bond donors (Lipinski definition) is 1. The molecule has 4 aliphatic heterocycles. The van der Waals surface area contributed by atoms with Crippen LogP contribution < -0.4 is 0 Å². The molecule has 0 aromatic heterocycles. The summed E-state index contributed by atoms with van der Waals surface area (Å²) in [6, 6.07) is 2.34. The first-order chi connectivity index (χ1) is 30.5. The lowest BCUT2D eigenvalue weighted by Crippen LogP contribution is -2.61. The number of ether oxygens (including phenoxy) is 7. The molecule has 1 N–H and O–H groups in total. The van der Waals surface area contributed by atoms with Gasteiger partial charge in [0.1, 0.15) is 36.5 Å². The van der Waals surface area contributed by atoms with Crippen molar-refractivity contribution in [2.45, 2.75) is 167 Å². The second-order valence-electron chi connectivity index (χ2n) is 19.7. The molecule has 5 fully saturated rings. The van der Waals surface area contributed by atoms with E-state index in [0.717, 1.165) is 24.3 Å². The standard InChI is InChI=1S/C47H69ClFN3O13/c1-12-35-47(9)39(51(43(56)65-47)18-17-30-15-16-33(49)32(48)20-30)27(5)36(53)24(2)21-46(8,59-11)40(64-42-37(54)34(19-26(4)61-42)50(10)22-31-13-14-31)28(6)38(29(7)41(55)62-35)63-45(58)52-25(3)23-60-44(52)57/h15-16,20,24-29,31,34-35,37-40,42,54H,12-14,17-19,21-23H2,1-11H3/t24-,25+,26-,27-,28+,29-,34+,35+,37-,38-,39-,40-,42+,46+,47-/m1/s1. The Balaban J connectivity index is 1.42. The fourth-order valence-corrected chi connectivity index (χ4v) is 10.9. The highest BCUT2D eigenvalue weighted by Gasteiger charge is 2.61. The summed E-state index contributed by atoms with van der Waals surface area (Å²) in [7, 11) is 3.44. The Labute approximate surface area is 387 Å². The zero-order valence-electron chi connectivity index (χ0n) is 39.6. The molecule has 18 heteroatoms. The van der Waals surface area contributed by atoms with Gasteiger partial charge in [-0.3, -0.25) is 14.5 Å². The van der Waals surface area contributed by atoms with Gasteiger partial charge in [-0.25, -0.2) is 23.7 Å². The van der Waals surface area contributed by atoms with Crippen LogP contribution in [0.5, 0.6) is 0 Å². The first-order valence-corrected chi connectivity index (χ1v) is 23.5. The smallest absolute Gasteiger partial charge is 0.419 e. The molecule has 1 aliphatic carbocycles. The molecule has 0 bridgehead atoms. The largest absolute Gasteiger partial charge is 0.458 e. The molecule has 3 amide bonds. The van der Waals surface area contributed by atoms with Crippen LogP contribution >= 0.6 is 11.6 Å². The van der Waals surface area contributed by atoms with Gasteiger partial charge in [-0.1, -0.05) is 45.4 Å². The van der Waals surface area contributed by atoms with E-state index in [2.05, 4.69) is 4.90 Å². The second kappa shape index (κ2) is 20.3. The van der Waals surface area contributed by atoms with Crippen LogP contribution in [0.25, 0.3) is 0 Å². The van der Waals surface area contributed by atoms with Crippen LogP contribution in [-0.4, -0.2) is 150 Å². The molecule has 5 aliphatic rings. The minimum Gasteiger partial charge on any atom is -0.458 e. The Morgan fingerprint density at radius 3 is 2.34 bits per heavy atom. The molecule has 4 saturated heterocycles. The van der Waals surface area contributed by atoms with Gasteiger partial charge >= 0.3 is 24.2 Å². The number of carbonyl (C=O) groups is 5. The number of cyclic esters (lactones) is 2. The molecular formula is C47H69ClFN3O13. The first-order valence-electron chi connectivity index (χ1n) is 23.1. The number of rotatable bonds is 11. The summed E-state index contributed by atoms with van der Waals surface area (Å²) in [5.74, 6) is -4.94. The third kappa shape index (κ3) is 10.6. The fourth-order valence-electron chi connectivity index (χ4n) is 10.7. The molecule has 16 nitrogen and oxygen atoms in total. The highest BCUT2D eigenvalue weighted by Crippen LogP contribution is 2.44. The zero-order valence-corrected chi connectivity index (χ0v) is 40.4. The van der Waals surface area contributed by atoms with Crippen molar-refractivity contribution in [1.82, 2.24) is 14.7 Å². The lowest BCUT2D eigenvalue weighted by molar-refractivity contribution is -0.302. The van der Waals surface area contributed by atoms with Crippen molar-refractivity contribution >= 4 is 41.6 Å². The van der Waals surface area contributed by atoms with Crippen LogP contribution in [0.15, 0.2) is 18.2 Å². The van der Waals surface area contributed by atoms with Crippen molar-refractivity contribution in [3.63, 3.8) is 0 Å². The Hall–Kier alpha value is -3.61. The number of Topliss-reactive ketones (excluding diaryl/α,β-unsaturated/α-hetero) is 1. The van der Waals surface area contributed by atoms with Crippen LogP contribution in [0.2, 0.25) is 5.02 Å². The van der Waals surface area contributed by atoms with Crippen LogP contribution in [-0.2, 0) is 49.2 Å². The summed E-state index contributed by atoms with van der Waals surface area (Å²) in [6.07, 6.45) is -5.74. The van der Waals surface area contributed by atoms with Crippen LogP contribution in [0.1, 0.15) is 100.0 Å². The van der Waals surface area contributed by atoms with Gasteiger partial charge in [0.25, 0.3) is 0 Å². The number of imide groups is 1. The number of benzene rings is 1. The molecule has 364 valence electrons. The molecule has 0 radical (unpaired) electrons. The van der Waals surface area contributed by atoms with Crippen molar-refractivity contribution in [3.05, 3.63) is 34.6 Å². The Kier molecular flexibility index (Phi) is 15.9. The number of carbonyl (C=O) groups excluding carboxylic acids is 5. The summed E-state index contributed by atoms with van der Waals surface area (Å²) in [5, 5.41) is 11.9. The van der Waals surface area contributed by atoms with Crippen molar-refractivity contribution in [2.24, 2.45) is 29.6 Å². The van der Waals surface area contributed by atoms with Gasteiger partial charge in [-0.05, 0) is 104 Å². The molecular weight excluding hydrogens is 869 g/mol. The maximum atomic E-state index is 15.0. The molecule has 65 heavy (non-hydrogen) atoms. The number of hydrogen-bond acceptors (Lipinski definition) is 14. The Morgan fingerprint density at radius 1 is 1.05 bits per heavy atom. The van der Waals surface area contributed by atoms with Gasteiger partial charge in [0.2, 0.25) is 0 Å². The van der Waals surface area contributed by atoms with Gasteiger partial charge < -0.3 is 43.2 Å². The highest BCUT2D eigenvalue weighted by atomic mass is 35.5. The summed E-state index contributed by atoms with van der Waals surface area (Å²) in [6.45, 7) is 16.2. The van der Waals surface area contributed by atoms with E-state index in [9.17, 15) is 33.5 Å². The lowest BCUT2D eigenvalue weighted by Gasteiger charge is -2.48. The SMILES string of the molecule is CC[C@@H]1OC(=O)[C@H](C)[C@H](OC(=O)N2C(=O)OC[C@@H]2C)[C@H](C)[C@@H](O[C@@H]2O[C@H](C)C[C@H](N(C)CC3CC3)[C@H]2O)[C@@](C)(OC)C[C@@H](C)C(=O)[C@@H](C)[C@H]2N(CCc3ccc(F)c(Cl)c3)C(=O)O[C@]12C. The van der Waals surface area contributed by atoms with E-state index in [0.29, 0.717) is 17.9 Å². The topological polar surface area (TPSA) is 180 Å². The number of methoxy groups -OCH3 is 1. The number of nitrogens with zero attached hydrogens (tertiary/aromatic N) is 3. The number of ketones is 1. The van der Waals surface area contributed by atoms with Gasteiger partial charge in [0.15, 0.2) is 11.9 Å². The van der Waals surface area contributed by atoms with E-state index >= 15 is 0 Å². The molecule has 0 unspecified atom stereocenters. The van der Waals surface area contributed by atoms with Gasteiger partial charge in [0.05, 0.1) is 40.8 Å². The maximum absolute atomic E-state index is 15.0. The number of fused-ring (bicyclic) bond motifs is 1. The quantitative estimate of drug-likeness (QED) is 0.181.